The minimum absolute atomic E-state index is 0.0111. The van der Waals surface area contributed by atoms with Crippen LogP contribution in [0.2, 0.25) is 0 Å². The van der Waals surface area contributed by atoms with E-state index in [0.717, 1.165) is 36.5 Å². The molecule has 0 aliphatic carbocycles. The zero-order valence-electron chi connectivity index (χ0n) is 11.8. The molecule has 21 heavy (non-hydrogen) atoms. The van der Waals surface area contributed by atoms with Gasteiger partial charge in [-0.1, -0.05) is 32.6 Å². The van der Waals surface area contributed by atoms with Crippen molar-refractivity contribution in [3.8, 4) is 0 Å². The van der Waals surface area contributed by atoms with Crippen LogP contribution in [-0.4, -0.2) is 19.6 Å². The van der Waals surface area contributed by atoms with Crippen LogP contribution in [0.4, 0.5) is 19.0 Å². The molecule has 2 heterocycles. The van der Waals surface area contributed by atoms with Gasteiger partial charge < -0.3 is 5.73 Å². The molecule has 2 aromatic heterocycles. The molecular formula is C13H18F3N5. The molecule has 5 nitrogen and oxygen atoms in total. The molecule has 2 N–H and O–H groups in total. The van der Waals surface area contributed by atoms with E-state index < -0.39 is 11.9 Å². The van der Waals surface area contributed by atoms with Gasteiger partial charge in [0.2, 0.25) is 0 Å². The minimum Gasteiger partial charge on any atom is -0.383 e. The molecule has 0 aliphatic rings. The van der Waals surface area contributed by atoms with Crippen LogP contribution < -0.4 is 5.73 Å². The van der Waals surface area contributed by atoms with Crippen molar-refractivity contribution in [1.82, 2.24) is 19.6 Å². The normalized spacial score (nSPS) is 12.2. The summed E-state index contributed by atoms with van der Waals surface area (Å²) in [5.41, 5.74) is 4.89. The Hall–Kier alpha value is -1.86. The average Bonchev–Trinajstić information content (AvgIpc) is 2.88. The fraction of sp³-hybridized carbons (Fsp3) is 0.615. The average molecular weight is 301 g/mol. The first-order valence-electron chi connectivity index (χ1n) is 7.00. The van der Waals surface area contributed by atoms with E-state index in [1.165, 1.54) is 0 Å². The minimum atomic E-state index is -4.54. The zero-order chi connectivity index (χ0) is 15.5. The molecule has 2 rings (SSSR count). The van der Waals surface area contributed by atoms with Crippen molar-refractivity contribution in [2.24, 2.45) is 0 Å². The molecule has 0 saturated heterocycles. The monoisotopic (exact) mass is 301 g/mol. The Kier molecular flexibility index (Phi) is 4.64. The highest BCUT2D eigenvalue weighted by molar-refractivity contribution is 5.50. The third-order valence-corrected chi connectivity index (χ3v) is 3.36. The number of halogens is 3. The standard InChI is InChI=1S/C13H18F3N5/c1-2-3-4-5-6-7-9-10(13(14,15)16)20-12-18-8-19-21(12)11(9)17/h8H,2-7,17H2,1H3. The van der Waals surface area contributed by atoms with Gasteiger partial charge in [0.25, 0.3) is 5.78 Å². The summed E-state index contributed by atoms with van der Waals surface area (Å²) in [7, 11) is 0. The quantitative estimate of drug-likeness (QED) is 0.832. The number of anilines is 1. The third-order valence-electron chi connectivity index (χ3n) is 3.36. The summed E-state index contributed by atoms with van der Waals surface area (Å²) in [4.78, 5) is 7.24. The lowest BCUT2D eigenvalue weighted by Crippen LogP contribution is -2.17. The van der Waals surface area contributed by atoms with Crippen molar-refractivity contribution in [2.75, 3.05) is 5.73 Å². The second-order valence-corrected chi connectivity index (χ2v) is 4.96. The van der Waals surface area contributed by atoms with Gasteiger partial charge in [0, 0.05) is 5.56 Å². The number of hydrogen-bond donors (Lipinski definition) is 1. The first-order chi connectivity index (χ1) is 9.95. The number of aromatic nitrogens is 4. The number of rotatable bonds is 6. The van der Waals surface area contributed by atoms with E-state index in [2.05, 4.69) is 22.0 Å². The van der Waals surface area contributed by atoms with Crippen molar-refractivity contribution in [1.29, 1.82) is 0 Å². The number of nitrogens with two attached hydrogens (primary N) is 1. The van der Waals surface area contributed by atoms with Crippen LogP contribution in [0.1, 0.15) is 50.3 Å². The van der Waals surface area contributed by atoms with Gasteiger partial charge in [-0.25, -0.2) is 4.98 Å². The third kappa shape index (κ3) is 3.43. The summed E-state index contributed by atoms with van der Waals surface area (Å²) < 4.78 is 40.5. The number of hydrogen-bond acceptors (Lipinski definition) is 4. The molecular weight excluding hydrogens is 283 g/mol. The topological polar surface area (TPSA) is 69.1 Å². The summed E-state index contributed by atoms with van der Waals surface area (Å²) >= 11 is 0. The van der Waals surface area contributed by atoms with Crippen LogP contribution in [0, 0.1) is 0 Å². The molecule has 0 bridgehead atoms. The lowest BCUT2D eigenvalue weighted by atomic mass is 10.0. The van der Waals surface area contributed by atoms with Gasteiger partial charge in [0.1, 0.15) is 12.1 Å². The summed E-state index contributed by atoms with van der Waals surface area (Å²) in [5, 5.41) is 3.81. The Morgan fingerprint density at radius 3 is 2.57 bits per heavy atom. The highest BCUT2D eigenvalue weighted by Crippen LogP contribution is 2.33. The van der Waals surface area contributed by atoms with Gasteiger partial charge in [-0.3, -0.25) is 0 Å². The maximum Gasteiger partial charge on any atom is 0.433 e. The maximum absolute atomic E-state index is 13.1. The van der Waals surface area contributed by atoms with Crippen LogP contribution in [-0.2, 0) is 12.6 Å². The number of nitrogens with zero attached hydrogens (tertiary/aromatic N) is 4. The summed E-state index contributed by atoms with van der Waals surface area (Å²) in [6.07, 6.45) is 1.55. The van der Waals surface area contributed by atoms with Gasteiger partial charge >= 0.3 is 6.18 Å². The Balaban J connectivity index is 2.28. The molecule has 0 aromatic carbocycles. The lowest BCUT2D eigenvalue weighted by Gasteiger charge is -2.14. The van der Waals surface area contributed by atoms with E-state index >= 15 is 0 Å². The molecule has 0 spiro atoms. The molecule has 0 radical (unpaired) electrons. The number of fused-ring (bicyclic) bond motifs is 1. The Morgan fingerprint density at radius 1 is 1.19 bits per heavy atom. The smallest absolute Gasteiger partial charge is 0.383 e. The SMILES string of the molecule is CCCCCCCc1c(C(F)(F)F)nc2ncnn2c1N. The highest BCUT2D eigenvalue weighted by atomic mass is 19.4. The van der Waals surface area contributed by atoms with Crippen LogP contribution in [0.3, 0.4) is 0 Å². The van der Waals surface area contributed by atoms with Crippen LogP contribution >= 0.6 is 0 Å². The van der Waals surface area contributed by atoms with Gasteiger partial charge in [-0.2, -0.15) is 27.8 Å². The fourth-order valence-corrected chi connectivity index (χ4v) is 2.28. The van der Waals surface area contributed by atoms with E-state index in [1.54, 1.807) is 0 Å². The molecule has 116 valence electrons. The van der Waals surface area contributed by atoms with Crippen LogP contribution in [0.25, 0.3) is 5.78 Å². The zero-order valence-corrected chi connectivity index (χ0v) is 11.8. The number of unbranched alkanes of at least 4 members (excludes halogenated alkanes) is 4. The second kappa shape index (κ2) is 6.28. The molecule has 0 saturated carbocycles. The summed E-state index contributed by atoms with van der Waals surface area (Å²) in [5.74, 6) is -0.158. The molecule has 0 atom stereocenters. The van der Waals surface area contributed by atoms with Gasteiger partial charge in [-0.05, 0) is 12.8 Å². The lowest BCUT2D eigenvalue weighted by molar-refractivity contribution is -0.141. The largest absolute Gasteiger partial charge is 0.433 e. The Labute approximate surface area is 120 Å². The van der Waals surface area contributed by atoms with E-state index in [-0.39, 0.29) is 23.6 Å². The first-order valence-corrected chi connectivity index (χ1v) is 7.00. The van der Waals surface area contributed by atoms with Gasteiger partial charge in [0.05, 0.1) is 0 Å². The number of nitrogen functional groups attached to an aromatic ring is 1. The van der Waals surface area contributed by atoms with Crippen molar-refractivity contribution < 1.29 is 13.2 Å². The van der Waals surface area contributed by atoms with Crippen molar-refractivity contribution >= 4 is 11.6 Å². The molecule has 2 aromatic rings. The summed E-state index contributed by atoms with van der Waals surface area (Å²) in [6, 6.07) is 0. The highest BCUT2D eigenvalue weighted by Gasteiger charge is 2.37. The van der Waals surface area contributed by atoms with E-state index in [9.17, 15) is 13.2 Å². The predicted octanol–water partition coefficient (Wildman–Crippen LogP) is 3.24. The van der Waals surface area contributed by atoms with Crippen molar-refractivity contribution in [3.63, 3.8) is 0 Å². The van der Waals surface area contributed by atoms with Gasteiger partial charge in [-0.15, -0.1) is 0 Å². The fourth-order valence-electron chi connectivity index (χ4n) is 2.28. The van der Waals surface area contributed by atoms with E-state index in [1.807, 2.05) is 0 Å². The Bertz CT molecular complexity index is 606. The maximum atomic E-state index is 13.1. The molecule has 0 amide bonds. The van der Waals surface area contributed by atoms with Crippen molar-refractivity contribution in [3.05, 3.63) is 17.6 Å². The molecule has 0 fully saturated rings. The van der Waals surface area contributed by atoms with E-state index in [0.29, 0.717) is 6.42 Å². The summed E-state index contributed by atoms with van der Waals surface area (Å²) in [6.45, 7) is 2.09. The van der Waals surface area contributed by atoms with Gasteiger partial charge in [0.15, 0.2) is 5.69 Å². The van der Waals surface area contributed by atoms with Crippen LogP contribution in [0.5, 0.6) is 0 Å². The first kappa shape index (κ1) is 15.5. The second-order valence-electron chi connectivity index (χ2n) is 4.96. The molecule has 8 heteroatoms. The van der Waals surface area contributed by atoms with Crippen LogP contribution in [0.15, 0.2) is 6.33 Å². The van der Waals surface area contributed by atoms with E-state index in [4.69, 9.17) is 5.73 Å². The predicted molar refractivity (Wildman–Crippen MR) is 72.7 cm³/mol. The molecule has 0 unspecified atom stereocenters. The molecule has 0 aliphatic heterocycles. The van der Waals surface area contributed by atoms with Crippen molar-refractivity contribution in [2.45, 2.75) is 51.6 Å². The Morgan fingerprint density at radius 2 is 1.90 bits per heavy atom. The number of alkyl halides is 3.